The molecule has 1 saturated heterocycles. The molecular formula is C26H31ClN2O5. The van der Waals surface area contributed by atoms with Crippen LogP contribution in [0.15, 0.2) is 48.5 Å². The summed E-state index contributed by atoms with van der Waals surface area (Å²) in [6.45, 7) is 8.21. The lowest BCUT2D eigenvalue weighted by molar-refractivity contribution is -0.192. The van der Waals surface area contributed by atoms with Crippen LogP contribution in [-0.2, 0) is 4.79 Å². The lowest BCUT2D eigenvalue weighted by Crippen LogP contribution is -2.74. The highest BCUT2D eigenvalue weighted by Crippen LogP contribution is 2.47. The molecule has 34 heavy (non-hydrogen) atoms. The van der Waals surface area contributed by atoms with Crippen LogP contribution in [-0.4, -0.2) is 45.6 Å². The topological polar surface area (TPSA) is 87.2 Å². The summed E-state index contributed by atoms with van der Waals surface area (Å²) in [7, 11) is 0. The van der Waals surface area contributed by atoms with Crippen molar-refractivity contribution < 1.29 is 24.2 Å². The van der Waals surface area contributed by atoms with Crippen molar-refractivity contribution in [3.8, 4) is 5.75 Å². The molecule has 7 nitrogen and oxygen atoms in total. The SMILES string of the molecule is CCCN(C(=O)N1C(=O)C(CC)(CC)[C@@H]1Oc1ccc(C(=O)O)c(Cl)c1)[C@H](C)c1ccccc1. The summed E-state index contributed by atoms with van der Waals surface area (Å²) in [5.41, 5.74) is 0.0827. The van der Waals surface area contributed by atoms with Crippen molar-refractivity contribution in [1.29, 1.82) is 0 Å². The van der Waals surface area contributed by atoms with Crippen LogP contribution in [0.3, 0.4) is 0 Å². The minimum atomic E-state index is -1.14. The van der Waals surface area contributed by atoms with Gasteiger partial charge >= 0.3 is 12.0 Å². The molecule has 0 unspecified atom stereocenters. The quantitative estimate of drug-likeness (QED) is 0.440. The number of carboxylic acids is 1. The van der Waals surface area contributed by atoms with Gasteiger partial charge in [0.25, 0.3) is 0 Å². The van der Waals surface area contributed by atoms with Crippen LogP contribution in [0.2, 0.25) is 5.02 Å². The molecule has 8 heteroatoms. The van der Waals surface area contributed by atoms with Gasteiger partial charge in [0.15, 0.2) is 6.23 Å². The Morgan fingerprint density at radius 3 is 2.32 bits per heavy atom. The summed E-state index contributed by atoms with van der Waals surface area (Å²) in [4.78, 5) is 41.3. The van der Waals surface area contributed by atoms with Crippen molar-refractivity contribution in [3.63, 3.8) is 0 Å². The number of imide groups is 1. The van der Waals surface area contributed by atoms with E-state index in [4.69, 9.17) is 16.3 Å². The van der Waals surface area contributed by atoms with E-state index in [1.165, 1.54) is 23.1 Å². The highest BCUT2D eigenvalue weighted by molar-refractivity contribution is 6.33. The molecule has 2 aromatic rings. The number of amides is 3. The molecule has 1 heterocycles. The number of carbonyl (C=O) groups is 3. The van der Waals surface area contributed by atoms with E-state index < -0.39 is 23.6 Å². The van der Waals surface area contributed by atoms with Crippen LogP contribution in [0, 0.1) is 5.41 Å². The molecule has 0 saturated carbocycles. The van der Waals surface area contributed by atoms with Gasteiger partial charge in [-0.3, -0.25) is 4.79 Å². The van der Waals surface area contributed by atoms with Gasteiger partial charge in [0.2, 0.25) is 5.91 Å². The second-order valence-electron chi connectivity index (χ2n) is 8.52. The highest BCUT2D eigenvalue weighted by atomic mass is 35.5. The number of halogens is 1. The van der Waals surface area contributed by atoms with Gasteiger partial charge in [-0.1, -0.05) is 62.7 Å². The number of urea groups is 1. The summed E-state index contributed by atoms with van der Waals surface area (Å²) in [5.74, 6) is -1.11. The first-order valence-electron chi connectivity index (χ1n) is 11.6. The van der Waals surface area contributed by atoms with Gasteiger partial charge in [0.1, 0.15) is 11.2 Å². The van der Waals surface area contributed by atoms with Crippen LogP contribution < -0.4 is 4.74 Å². The molecule has 1 aliphatic heterocycles. The average molecular weight is 487 g/mol. The predicted octanol–water partition coefficient (Wildman–Crippen LogP) is 5.98. The molecule has 3 rings (SSSR count). The first-order chi connectivity index (χ1) is 16.2. The van der Waals surface area contributed by atoms with Crippen molar-refractivity contribution >= 4 is 29.5 Å². The molecule has 2 atom stereocenters. The first kappa shape index (κ1) is 25.6. The van der Waals surface area contributed by atoms with Gasteiger partial charge in [-0.2, -0.15) is 0 Å². The molecular weight excluding hydrogens is 456 g/mol. The van der Waals surface area contributed by atoms with Crippen LogP contribution in [0.5, 0.6) is 5.75 Å². The molecule has 3 amide bonds. The Hall–Kier alpha value is -3.06. The molecule has 2 aromatic carbocycles. The summed E-state index contributed by atoms with van der Waals surface area (Å²) in [6.07, 6.45) is 0.908. The molecule has 0 radical (unpaired) electrons. The summed E-state index contributed by atoms with van der Waals surface area (Å²) in [6, 6.07) is 13.3. The van der Waals surface area contributed by atoms with Crippen molar-refractivity contribution in [2.75, 3.05) is 6.54 Å². The van der Waals surface area contributed by atoms with Gasteiger partial charge in [0, 0.05) is 6.54 Å². The maximum absolute atomic E-state index is 13.7. The van der Waals surface area contributed by atoms with Gasteiger partial charge in [-0.25, -0.2) is 14.5 Å². The van der Waals surface area contributed by atoms with E-state index in [9.17, 15) is 19.5 Å². The molecule has 182 valence electrons. The Morgan fingerprint density at radius 1 is 1.15 bits per heavy atom. The molecule has 0 spiro atoms. The fraction of sp³-hybridized carbons (Fsp3) is 0.423. The van der Waals surface area contributed by atoms with E-state index in [2.05, 4.69) is 0 Å². The molecule has 0 aromatic heterocycles. The predicted molar refractivity (Wildman–Crippen MR) is 130 cm³/mol. The minimum absolute atomic E-state index is 0.0254. The van der Waals surface area contributed by atoms with Gasteiger partial charge in [0.05, 0.1) is 16.6 Å². The molecule has 0 aliphatic carbocycles. The van der Waals surface area contributed by atoms with Gasteiger partial charge in [-0.15, -0.1) is 0 Å². The number of rotatable bonds is 9. The average Bonchev–Trinajstić information content (AvgIpc) is 2.83. The van der Waals surface area contributed by atoms with Crippen molar-refractivity contribution in [3.05, 3.63) is 64.7 Å². The maximum Gasteiger partial charge on any atom is 0.337 e. The Morgan fingerprint density at radius 2 is 1.79 bits per heavy atom. The fourth-order valence-corrected chi connectivity index (χ4v) is 4.76. The third-order valence-corrected chi connectivity index (χ3v) is 7.01. The van der Waals surface area contributed by atoms with Crippen LogP contribution in [0.1, 0.15) is 68.9 Å². The van der Waals surface area contributed by atoms with Crippen LogP contribution in [0.25, 0.3) is 0 Å². The normalized spacial score (nSPS) is 17.6. The first-order valence-corrected chi connectivity index (χ1v) is 12.0. The molecule has 1 fully saturated rings. The van der Waals surface area contributed by atoms with Gasteiger partial charge < -0.3 is 14.7 Å². The van der Waals surface area contributed by atoms with Crippen LogP contribution in [0.4, 0.5) is 4.79 Å². The third-order valence-electron chi connectivity index (χ3n) is 6.70. The Balaban J connectivity index is 1.94. The maximum atomic E-state index is 13.7. The molecule has 1 N–H and O–H groups in total. The van der Waals surface area contributed by atoms with E-state index >= 15 is 0 Å². The second kappa shape index (κ2) is 10.5. The second-order valence-corrected chi connectivity index (χ2v) is 8.93. The lowest BCUT2D eigenvalue weighted by Gasteiger charge is -2.54. The zero-order valence-corrected chi connectivity index (χ0v) is 20.7. The van der Waals surface area contributed by atoms with Gasteiger partial charge in [-0.05, 0) is 49.9 Å². The molecule has 0 bridgehead atoms. The smallest absolute Gasteiger partial charge is 0.337 e. The highest BCUT2D eigenvalue weighted by Gasteiger charge is 2.63. The fourth-order valence-electron chi connectivity index (χ4n) is 4.50. The van der Waals surface area contributed by atoms with E-state index in [1.54, 1.807) is 4.90 Å². The van der Waals surface area contributed by atoms with E-state index in [0.29, 0.717) is 25.1 Å². The Bertz CT molecular complexity index is 1050. The number of nitrogens with zero attached hydrogens (tertiary/aromatic N) is 2. The van der Waals surface area contributed by atoms with Crippen molar-refractivity contribution in [1.82, 2.24) is 9.80 Å². The number of aromatic carboxylic acids is 1. The largest absolute Gasteiger partial charge is 0.478 e. The zero-order chi connectivity index (χ0) is 25.0. The summed E-state index contributed by atoms with van der Waals surface area (Å²) < 4.78 is 6.16. The lowest BCUT2D eigenvalue weighted by atomic mass is 9.72. The van der Waals surface area contributed by atoms with E-state index in [0.717, 1.165) is 12.0 Å². The van der Waals surface area contributed by atoms with Crippen molar-refractivity contribution in [2.24, 2.45) is 5.41 Å². The monoisotopic (exact) mass is 486 g/mol. The molecule has 1 aliphatic rings. The van der Waals surface area contributed by atoms with E-state index in [-0.39, 0.29) is 22.5 Å². The Labute approximate surface area is 205 Å². The van der Waals surface area contributed by atoms with Crippen LogP contribution >= 0.6 is 11.6 Å². The third kappa shape index (κ3) is 4.49. The summed E-state index contributed by atoms with van der Waals surface area (Å²) in [5, 5.41) is 9.26. The Kier molecular flexibility index (Phi) is 7.87. The number of carbonyl (C=O) groups excluding carboxylic acids is 2. The zero-order valence-electron chi connectivity index (χ0n) is 20.0. The number of hydrogen-bond acceptors (Lipinski definition) is 4. The number of likely N-dealkylation sites (tertiary alicyclic amines) is 1. The number of β-lactam (4-membered cyclic amide) rings is 1. The van der Waals surface area contributed by atoms with E-state index in [1.807, 2.05) is 58.0 Å². The number of ether oxygens (including phenoxy) is 1. The summed E-state index contributed by atoms with van der Waals surface area (Å²) >= 11 is 6.12. The van der Waals surface area contributed by atoms with Crippen molar-refractivity contribution in [2.45, 2.75) is 59.2 Å². The number of hydrogen-bond donors (Lipinski definition) is 1. The number of benzene rings is 2. The number of carboxylic acid groups (broad SMARTS) is 1. The minimum Gasteiger partial charge on any atom is -0.478 e. The standard InChI is InChI=1S/C26H31ClN2O5/c1-5-15-28(17(4)18-11-9-8-10-12-18)25(33)29-23(32)26(6-2,7-3)24(29)34-19-13-14-20(22(30)31)21(27)16-19/h8-14,16-17,24H,5-7,15H2,1-4H3,(H,30,31)/t17-,24+/m1/s1.